The zero-order valence-corrected chi connectivity index (χ0v) is 61.8. The van der Waals surface area contributed by atoms with Crippen LogP contribution in [-0.4, -0.2) is 111 Å². The molecule has 0 bridgehead atoms. The number of esters is 2. The summed E-state index contributed by atoms with van der Waals surface area (Å²) in [7, 11) is -9.66. The Morgan fingerprint density at radius 3 is 1.01 bits per heavy atom. The van der Waals surface area contributed by atoms with Crippen LogP contribution in [0.1, 0.15) is 361 Å². The van der Waals surface area contributed by atoms with Crippen LogP contribution in [0.4, 0.5) is 0 Å². The van der Waals surface area contributed by atoms with Crippen LogP contribution in [0.5, 0.6) is 0 Å². The molecule has 0 rings (SSSR count). The van der Waals surface area contributed by atoms with E-state index < -0.39 is 66.4 Å². The summed E-state index contributed by atoms with van der Waals surface area (Å²) in [6.45, 7) is 2.40. The van der Waals surface area contributed by atoms with Gasteiger partial charge in [-0.1, -0.05) is 269 Å². The first-order valence-electron chi connectivity index (χ1n) is 38.5. The van der Waals surface area contributed by atoms with Crippen molar-refractivity contribution in [2.24, 2.45) is 0 Å². The van der Waals surface area contributed by atoms with Gasteiger partial charge in [0.25, 0.3) is 0 Å². The highest BCUT2D eigenvalue weighted by Crippen LogP contribution is 2.45. The van der Waals surface area contributed by atoms with E-state index in [1.807, 2.05) is 0 Å². The van der Waals surface area contributed by atoms with Gasteiger partial charge in [-0.3, -0.25) is 27.7 Å². The van der Waals surface area contributed by atoms with Crippen molar-refractivity contribution in [2.75, 3.05) is 52.9 Å². The minimum atomic E-state index is -4.84. The molecule has 17 nitrogen and oxygen atoms in total. The van der Waals surface area contributed by atoms with Crippen LogP contribution in [0.3, 0.4) is 0 Å². The van der Waals surface area contributed by atoms with E-state index >= 15 is 0 Å². The van der Waals surface area contributed by atoms with Gasteiger partial charge in [0.15, 0.2) is 0 Å². The molecule has 0 aromatic rings. The van der Waals surface area contributed by atoms with Gasteiger partial charge in [0.2, 0.25) is 0 Å². The topological polar surface area (TPSA) is 237 Å². The van der Waals surface area contributed by atoms with Crippen molar-refractivity contribution in [2.45, 2.75) is 379 Å². The lowest BCUT2D eigenvalue weighted by atomic mass is 10.0. The van der Waals surface area contributed by atoms with Crippen LogP contribution in [0, 0.1) is 0 Å². The Bertz CT molecular complexity index is 1820. The number of hydrogen-bond donors (Lipinski definition) is 3. The molecule has 0 spiro atoms. The van der Waals surface area contributed by atoms with Crippen molar-refractivity contribution in [3.8, 4) is 0 Å². The molecule has 0 saturated heterocycles. The van der Waals surface area contributed by atoms with E-state index in [-0.39, 0.29) is 32.0 Å². The Balaban J connectivity index is 5.14. The number of aldehydes is 2. The maximum Gasteiger partial charge on any atom is 0.472 e. The quantitative estimate of drug-likeness (QED) is 0.0169. The van der Waals surface area contributed by atoms with Gasteiger partial charge in [0, 0.05) is 38.9 Å². The summed E-state index contributed by atoms with van der Waals surface area (Å²) in [6, 6.07) is 0. The van der Waals surface area contributed by atoms with Crippen LogP contribution in [0.25, 0.3) is 0 Å². The van der Waals surface area contributed by atoms with Gasteiger partial charge in [-0.25, -0.2) is 9.13 Å². The molecule has 0 aliphatic heterocycles. The fourth-order valence-electron chi connectivity index (χ4n) is 11.0. The highest BCUT2D eigenvalue weighted by Gasteiger charge is 2.29. The number of phosphoric ester groups is 2. The van der Waals surface area contributed by atoms with E-state index in [0.29, 0.717) is 38.9 Å². The molecule has 5 atom stereocenters. The molecular formula is C75H142O17P2. The average molecular weight is 1380 g/mol. The monoisotopic (exact) mass is 1380 g/mol. The summed E-state index contributed by atoms with van der Waals surface area (Å²) in [4.78, 5) is 67.9. The summed E-state index contributed by atoms with van der Waals surface area (Å²) in [5, 5.41) is 10.6. The maximum absolute atomic E-state index is 13.1. The fourth-order valence-corrected chi connectivity index (χ4v) is 12.6. The summed E-state index contributed by atoms with van der Waals surface area (Å²) >= 11 is 0. The highest BCUT2D eigenvalue weighted by molar-refractivity contribution is 7.47. The van der Waals surface area contributed by atoms with Crippen molar-refractivity contribution < 1.29 is 80.2 Å². The molecular weight excluding hydrogens is 1230 g/mol. The van der Waals surface area contributed by atoms with E-state index in [1.54, 1.807) is 0 Å². The van der Waals surface area contributed by atoms with Crippen LogP contribution >= 0.6 is 15.6 Å². The molecule has 0 heterocycles. The average Bonchev–Trinajstić information content (AvgIpc) is 2.12. The lowest BCUT2D eigenvalue weighted by molar-refractivity contribution is -0.154. The summed E-state index contributed by atoms with van der Waals surface area (Å²) < 4.78 is 69.9. The minimum Gasteiger partial charge on any atom is -0.463 e. The molecule has 0 radical (unpaired) electrons. The second kappa shape index (κ2) is 72.1. The van der Waals surface area contributed by atoms with E-state index in [9.17, 15) is 43.2 Å². The first-order valence-corrected chi connectivity index (χ1v) is 41.5. The van der Waals surface area contributed by atoms with Gasteiger partial charge >= 0.3 is 27.6 Å². The Morgan fingerprint density at radius 1 is 0.340 bits per heavy atom. The second-order valence-corrected chi connectivity index (χ2v) is 29.1. The lowest BCUT2D eigenvalue weighted by Gasteiger charge is -2.21. The molecule has 94 heavy (non-hydrogen) atoms. The molecule has 0 fully saturated rings. The van der Waals surface area contributed by atoms with Crippen molar-refractivity contribution in [1.29, 1.82) is 0 Å². The standard InChI is InChI=1S/C75H142O17P2/c1-3-5-7-9-11-13-15-23-29-35-41-47-53-59-74(79)87-68-72(86-64-58-52-46-40-34-28-21-18-17-19-25-31-37-43-49-55-61-76)69-90-93(81,82)88-65-71(78)66-89-94(83,84)91-70-73(92-75(80)60-54-48-42-36-30-24-16-14-12-10-8-6-4-2)67-85-63-57-51-45-39-33-27-22-20-26-32-38-44-50-56-62-77/h17,19-20,22,61-62,71-73,78H,3-16,18,21,23-60,63-70H2,1-2H3,(H,81,82)(H,83,84)/b19-17-,22-20-/t71-,72+,73+/m0/s1. The van der Waals surface area contributed by atoms with Crippen molar-refractivity contribution in [3.63, 3.8) is 0 Å². The van der Waals surface area contributed by atoms with Gasteiger partial charge < -0.3 is 43.4 Å². The minimum absolute atomic E-state index is 0.0600. The molecule has 554 valence electrons. The van der Waals surface area contributed by atoms with Crippen LogP contribution < -0.4 is 0 Å². The van der Waals surface area contributed by atoms with Crippen molar-refractivity contribution in [3.05, 3.63) is 24.3 Å². The fraction of sp³-hybridized carbons (Fsp3) is 0.893. The normalized spacial score (nSPS) is 14.1. The third kappa shape index (κ3) is 71.2. The number of ether oxygens (including phenoxy) is 4. The molecule has 0 saturated carbocycles. The van der Waals surface area contributed by atoms with E-state index in [4.69, 9.17) is 37.0 Å². The van der Waals surface area contributed by atoms with Gasteiger partial charge in [-0.2, -0.15) is 0 Å². The summed E-state index contributed by atoms with van der Waals surface area (Å²) in [5.74, 6) is -0.838. The van der Waals surface area contributed by atoms with Gasteiger partial charge in [-0.15, -0.1) is 0 Å². The molecule has 3 N–H and O–H groups in total. The number of unbranched alkanes of at least 4 members (excludes halogenated alkanes) is 46. The highest BCUT2D eigenvalue weighted by atomic mass is 31.2. The first-order chi connectivity index (χ1) is 45.9. The first kappa shape index (κ1) is 91.9. The van der Waals surface area contributed by atoms with Gasteiger partial charge in [0.1, 0.15) is 37.5 Å². The zero-order chi connectivity index (χ0) is 68.6. The Morgan fingerprint density at radius 2 is 0.638 bits per heavy atom. The summed E-state index contributed by atoms with van der Waals surface area (Å²) in [5.41, 5.74) is 0. The smallest absolute Gasteiger partial charge is 0.463 e. The molecule has 2 unspecified atom stereocenters. The number of allylic oxidation sites excluding steroid dienone is 4. The molecule has 19 heteroatoms. The van der Waals surface area contributed by atoms with Crippen molar-refractivity contribution in [1.82, 2.24) is 0 Å². The lowest BCUT2D eigenvalue weighted by Crippen LogP contribution is -2.29. The Kier molecular flexibility index (Phi) is 70.5. The number of hydrogen-bond acceptors (Lipinski definition) is 15. The number of aliphatic hydroxyl groups is 1. The SMILES string of the molecule is CCCCCCCCCCCCCCCC(=O)OC[C@H](COP(=O)(O)OC[C@H](O)COP(=O)(O)OC[C@@H](COCCCCCCC/C=C\CCCCCCC=O)OC(=O)CCCCCCCCCCCCCCC)OCCCCCCCCC/C=C\CCCCCCC=O. The van der Waals surface area contributed by atoms with E-state index in [0.717, 1.165) is 186 Å². The maximum atomic E-state index is 13.1. The number of aliphatic hydroxyl groups excluding tert-OH is 1. The van der Waals surface area contributed by atoms with Crippen molar-refractivity contribution >= 4 is 40.2 Å². The molecule has 0 aromatic heterocycles. The third-order valence-electron chi connectivity index (χ3n) is 17.0. The molecule has 0 amide bonds. The van der Waals surface area contributed by atoms with E-state index in [2.05, 4.69) is 38.2 Å². The van der Waals surface area contributed by atoms with Crippen LogP contribution in [0.2, 0.25) is 0 Å². The second-order valence-electron chi connectivity index (χ2n) is 26.2. The van der Waals surface area contributed by atoms with Gasteiger partial charge in [0.05, 0.1) is 33.0 Å². The Labute approximate surface area is 573 Å². The van der Waals surface area contributed by atoms with Gasteiger partial charge in [-0.05, 0) is 89.9 Å². The number of phosphoric acid groups is 2. The zero-order valence-electron chi connectivity index (χ0n) is 60.0. The predicted octanol–water partition coefficient (Wildman–Crippen LogP) is 21.1. The molecule has 0 aromatic carbocycles. The Hall–Kier alpha value is -2.14. The predicted molar refractivity (Wildman–Crippen MR) is 382 cm³/mol. The number of carbonyl (C=O) groups is 4. The van der Waals surface area contributed by atoms with Crippen LogP contribution in [-0.2, 0) is 65.4 Å². The molecule has 0 aliphatic carbocycles. The largest absolute Gasteiger partial charge is 0.472 e. The van der Waals surface area contributed by atoms with E-state index in [1.165, 1.54) is 135 Å². The summed E-state index contributed by atoms with van der Waals surface area (Å²) in [6.07, 6.45) is 65.6. The molecule has 0 aliphatic rings. The third-order valence-corrected chi connectivity index (χ3v) is 18.9. The van der Waals surface area contributed by atoms with Crippen LogP contribution in [0.15, 0.2) is 24.3 Å². The number of carbonyl (C=O) groups excluding carboxylic acids is 4. The number of rotatable bonds is 78.